The maximum atomic E-state index is 12.8. The lowest BCUT2D eigenvalue weighted by atomic mass is 10.1. The standard InChI is InChI=1S/C65H100O6/c1-4-7-10-13-16-19-22-25-28-29-30-31-32-33-34-35-38-40-43-46-49-52-55-58-64(67)70-61-62(71-65(68)59-56-53-50-47-44-41-37-27-24-21-18-15-12-9-6-3)60-69-63(66)57-54-51-48-45-42-39-36-26-23-20-17-14-11-8-5-2/h7-12,16-21,25-28,30-31,33-34,36-37,44,47,53,56,62H,4-6,13-15,22-24,29,32,35,38-43,45-46,48-52,54-55,57-61H2,1-3H3/b10-7-,11-8-,12-9-,19-16-,20-17-,21-18-,28-25-,31-30-,34-33-,36-26-,37-27-,47-44-,56-53-. The van der Waals surface area contributed by atoms with Crippen molar-refractivity contribution in [3.63, 3.8) is 0 Å². The molecule has 0 aliphatic carbocycles. The van der Waals surface area contributed by atoms with Gasteiger partial charge in [-0.1, -0.05) is 230 Å². The molecule has 0 saturated carbocycles. The monoisotopic (exact) mass is 977 g/mol. The first-order valence-corrected chi connectivity index (χ1v) is 28.0. The van der Waals surface area contributed by atoms with E-state index in [4.69, 9.17) is 14.2 Å². The average Bonchev–Trinajstić information content (AvgIpc) is 3.37. The highest BCUT2D eigenvalue weighted by Gasteiger charge is 2.19. The van der Waals surface area contributed by atoms with Crippen LogP contribution in [0.1, 0.15) is 213 Å². The van der Waals surface area contributed by atoms with Crippen LogP contribution in [-0.2, 0) is 28.6 Å². The van der Waals surface area contributed by atoms with E-state index in [9.17, 15) is 14.4 Å². The molecule has 1 atom stereocenters. The number of esters is 3. The SMILES string of the molecule is CC/C=C\C/C=C\C/C=C\C/C=C\C/C=C\CCCCCCCCCC(=O)OCC(COC(=O)CCCCCCC/C=C\C/C=C\C/C=C\CC)OC(=O)C/C=C\C/C=C\C/C=C\C/C=C\C/C=C\CC. The van der Waals surface area contributed by atoms with Gasteiger partial charge in [-0.3, -0.25) is 14.4 Å². The van der Waals surface area contributed by atoms with Gasteiger partial charge in [-0.25, -0.2) is 0 Å². The lowest BCUT2D eigenvalue weighted by Gasteiger charge is -2.18. The van der Waals surface area contributed by atoms with Crippen molar-refractivity contribution in [3.8, 4) is 0 Å². The molecule has 0 spiro atoms. The third-order valence-corrected chi connectivity index (χ3v) is 11.0. The Bertz CT molecular complexity index is 1640. The van der Waals surface area contributed by atoms with Crippen LogP contribution >= 0.6 is 0 Å². The van der Waals surface area contributed by atoms with Crippen LogP contribution in [0.5, 0.6) is 0 Å². The van der Waals surface area contributed by atoms with Gasteiger partial charge in [0.2, 0.25) is 0 Å². The largest absolute Gasteiger partial charge is 0.462 e. The molecule has 71 heavy (non-hydrogen) atoms. The van der Waals surface area contributed by atoms with Crippen LogP contribution in [0.2, 0.25) is 0 Å². The van der Waals surface area contributed by atoms with Gasteiger partial charge in [0.1, 0.15) is 13.2 Å². The van der Waals surface area contributed by atoms with Gasteiger partial charge >= 0.3 is 17.9 Å². The predicted molar refractivity (Wildman–Crippen MR) is 306 cm³/mol. The number of carbonyl (C=O) groups is 3. The minimum atomic E-state index is -0.853. The molecule has 0 fully saturated rings. The third kappa shape index (κ3) is 55.8. The first-order valence-electron chi connectivity index (χ1n) is 28.0. The lowest BCUT2D eigenvalue weighted by molar-refractivity contribution is -0.166. The van der Waals surface area contributed by atoms with Crippen molar-refractivity contribution >= 4 is 17.9 Å². The van der Waals surface area contributed by atoms with E-state index in [1.54, 1.807) is 6.08 Å². The van der Waals surface area contributed by atoms with Crippen molar-refractivity contribution < 1.29 is 28.6 Å². The van der Waals surface area contributed by atoms with Crippen molar-refractivity contribution in [1.82, 2.24) is 0 Å². The normalized spacial score (nSPS) is 13.3. The molecule has 0 rings (SSSR count). The van der Waals surface area contributed by atoms with Gasteiger partial charge in [0, 0.05) is 12.8 Å². The molecule has 0 aromatic carbocycles. The second-order valence-corrected chi connectivity index (χ2v) is 17.7. The van der Waals surface area contributed by atoms with Crippen molar-refractivity contribution in [2.75, 3.05) is 13.2 Å². The quantitative estimate of drug-likeness (QED) is 0.0262. The van der Waals surface area contributed by atoms with Crippen LogP contribution < -0.4 is 0 Å². The Balaban J connectivity index is 4.52. The molecule has 0 bridgehead atoms. The van der Waals surface area contributed by atoms with Gasteiger partial charge in [-0.05, 0) is 122 Å². The van der Waals surface area contributed by atoms with Crippen LogP contribution in [0, 0.1) is 0 Å². The van der Waals surface area contributed by atoms with Crippen molar-refractivity contribution in [1.29, 1.82) is 0 Å². The Morgan fingerprint density at radius 1 is 0.296 bits per heavy atom. The molecule has 0 aliphatic heterocycles. The van der Waals surface area contributed by atoms with Crippen LogP contribution in [0.3, 0.4) is 0 Å². The zero-order valence-electron chi connectivity index (χ0n) is 45.2. The van der Waals surface area contributed by atoms with Gasteiger partial charge in [-0.2, -0.15) is 0 Å². The van der Waals surface area contributed by atoms with E-state index < -0.39 is 12.1 Å². The highest BCUT2D eigenvalue weighted by atomic mass is 16.6. The summed E-state index contributed by atoms with van der Waals surface area (Å²) < 4.78 is 16.7. The second kappa shape index (κ2) is 57.6. The van der Waals surface area contributed by atoms with E-state index in [1.165, 1.54) is 19.3 Å². The van der Waals surface area contributed by atoms with Crippen LogP contribution in [-0.4, -0.2) is 37.2 Å². The van der Waals surface area contributed by atoms with Gasteiger partial charge < -0.3 is 14.2 Å². The molecule has 0 aliphatic rings. The van der Waals surface area contributed by atoms with E-state index in [0.717, 1.165) is 148 Å². The fourth-order valence-electron chi connectivity index (χ4n) is 6.97. The molecule has 6 nitrogen and oxygen atoms in total. The summed E-state index contributed by atoms with van der Waals surface area (Å²) in [5.74, 6) is -1.10. The summed E-state index contributed by atoms with van der Waals surface area (Å²) in [6, 6.07) is 0. The molecule has 0 aromatic heterocycles. The molecular weight excluding hydrogens is 877 g/mol. The molecular formula is C65H100O6. The molecule has 0 saturated heterocycles. The summed E-state index contributed by atoms with van der Waals surface area (Å²) in [5.41, 5.74) is 0. The Morgan fingerprint density at radius 2 is 0.549 bits per heavy atom. The van der Waals surface area contributed by atoms with Gasteiger partial charge in [0.25, 0.3) is 0 Å². The Kier molecular flexibility index (Phi) is 53.6. The minimum absolute atomic E-state index is 0.0824. The molecule has 6 heteroatoms. The van der Waals surface area contributed by atoms with Crippen molar-refractivity contribution in [3.05, 3.63) is 158 Å². The first-order chi connectivity index (χ1) is 35.0. The Labute approximate surface area is 435 Å². The molecule has 0 aromatic rings. The number of carbonyl (C=O) groups excluding carboxylic acids is 3. The zero-order valence-corrected chi connectivity index (χ0v) is 45.2. The van der Waals surface area contributed by atoms with Gasteiger partial charge in [0.05, 0.1) is 6.42 Å². The number of allylic oxidation sites excluding steroid dienone is 25. The molecule has 396 valence electrons. The van der Waals surface area contributed by atoms with E-state index >= 15 is 0 Å². The highest BCUT2D eigenvalue weighted by molar-refractivity contribution is 5.72. The number of hydrogen-bond donors (Lipinski definition) is 0. The first kappa shape index (κ1) is 66.0. The summed E-state index contributed by atoms with van der Waals surface area (Å²) in [6.07, 6.45) is 84.0. The fourth-order valence-corrected chi connectivity index (χ4v) is 6.97. The summed E-state index contributed by atoms with van der Waals surface area (Å²) in [5, 5.41) is 0. The average molecular weight is 978 g/mol. The molecule has 0 heterocycles. The second-order valence-electron chi connectivity index (χ2n) is 17.7. The van der Waals surface area contributed by atoms with Crippen LogP contribution in [0.25, 0.3) is 0 Å². The summed E-state index contributed by atoms with van der Waals surface area (Å²) in [4.78, 5) is 38.1. The van der Waals surface area contributed by atoms with Crippen LogP contribution in [0.15, 0.2) is 158 Å². The minimum Gasteiger partial charge on any atom is -0.462 e. The van der Waals surface area contributed by atoms with E-state index in [0.29, 0.717) is 19.3 Å². The Hall–Kier alpha value is -4.97. The molecule has 1 unspecified atom stereocenters. The zero-order chi connectivity index (χ0) is 51.4. The number of rotatable bonds is 48. The lowest BCUT2D eigenvalue weighted by Crippen LogP contribution is -2.30. The molecule has 0 radical (unpaired) electrons. The van der Waals surface area contributed by atoms with Crippen LogP contribution in [0.4, 0.5) is 0 Å². The highest BCUT2D eigenvalue weighted by Crippen LogP contribution is 2.13. The topological polar surface area (TPSA) is 78.9 Å². The molecule has 0 N–H and O–H groups in total. The predicted octanol–water partition coefficient (Wildman–Crippen LogP) is 19.0. The summed E-state index contributed by atoms with van der Waals surface area (Å²) in [6.45, 7) is 6.17. The molecule has 0 amide bonds. The smallest absolute Gasteiger partial charge is 0.310 e. The van der Waals surface area contributed by atoms with Crippen molar-refractivity contribution in [2.45, 2.75) is 219 Å². The fraction of sp³-hybridized carbons (Fsp3) is 0.554. The maximum Gasteiger partial charge on any atom is 0.310 e. The number of ether oxygens (including phenoxy) is 3. The summed E-state index contributed by atoms with van der Waals surface area (Å²) in [7, 11) is 0. The summed E-state index contributed by atoms with van der Waals surface area (Å²) >= 11 is 0. The van der Waals surface area contributed by atoms with Crippen molar-refractivity contribution in [2.24, 2.45) is 0 Å². The van der Waals surface area contributed by atoms with E-state index in [1.807, 2.05) is 6.08 Å². The van der Waals surface area contributed by atoms with E-state index in [-0.39, 0.29) is 31.6 Å². The van der Waals surface area contributed by atoms with Gasteiger partial charge in [-0.15, -0.1) is 0 Å². The van der Waals surface area contributed by atoms with E-state index in [2.05, 4.69) is 167 Å². The maximum absolute atomic E-state index is 12.8. The van der Waals surface area contributed by atoms with Gasteiger partial charge in [0.15, 0.2) is 6.10 Å². The number of hydrogen-bond acceptors (Lipinski definition) is 6. The third-order valence-electron chi connectivity index (χ3n) is 11.0. The number of unbranched alkanes of at least 4 members (excludes halogenated alkanes) is 12. The Morgan fingerprint density at radius 3 is 0.859 bits per heavy atom.